The van der Waals surface area contributed by atoms with E-state index in [0.717, 1.165) is 28.3 Å². The van der Waals surface area contributed by atoms with Crippen LogP contribution < -0.4 is 16.5 Å². The highest BCUT2D eigenvalue weighted by molar-refractivity contribution is 6.02. The molecule has 0 heterocycles. The van der Waals surface area contributed by atoms with E-state index < -0.39 is 11.9 Å². The molecule has 0 aliphatic rings. The molecule has 0 saturated heterocycles. The Morgan fingerprint density at radius 1 is 1.18 bits per heavy atom. The van der Waals surface area contributed by atoms with Gasteiger partial charge in [0.15, 0.2) is 0 Å². The van der Waals surface area contributed by atoms with Gasteiger partial charge in [0.2, 0.25) is 5.91 Å². The molecule has 8 nitrogen and oxygen atoms in total. The maximum atomic E-state index is 12.4. The quantitative estimate of drug-likeness (QED) is 0.289. The summed E-state index contributed by atoms with van der Waals surface area (Å²) in [6.45, 7) is 4.50. The van der Waals surface area contributed by atoms with E-state index in [1.165, 1.54) is 18.2 Å². The van der Waals surface area contributed by atoms with Gasteiger partial charge < -0.3 is 16.2 Å². The van der Waals surface area contributed by atoms with Crippen molar-refractivity contribution in [2.45, 2.75) is 32.9 Å². The van der Waals surface area contributed by atoms with Gasteiger partial charge in [-0.2, -0.15) is 10.4 Å². The van der Waals surface area contributed by atoms with Crippen LogP contribution in [0.2, 0.25) is 0 Å². The van der Waals surface area contributed by atoms with Crippen LogP contribution in [0.3, 0.4) is 0 Å². The van der Waals surface area contributed by atoms with E-state index in [0.29, 0.717) is 6.54 Å². The summed E-state index contributed by atoms with van der Waals surface area (Å²) in [7, 11) is 0. The lowest BCUT2D eigenvalue weighted by Crippen LogP contribution is -2.45. The van der Waals surface area contributed by atoms with Crippen LogP contribution in [0.1, 0.15) is 47.3 Å². The number of nitrogens with one attached hydrogen (secondary N) is 2. The van der Waals surface area contributed by atoms with Crippen LogP contribution in [-0.2, 0) is 11.3 Å². The Morgan fingerprint density at radius 3 is 2.59 bits per heavy atom. The van der Waals surface area contributed by atoms with Gasteiger partial charge in [-0.3, -0.25) is 9.59 Å². The maximum Gasteiger partial charge on any atom is 0.271 e. The van der Waals surface area contributed by atoms with E-state index >= 15 is 0 Å². The standard InChI is InChI=1S/C26H27N5O3/c1-3-16(2)24(25(28)33)29-14-18-8-9-19(22-7-5-4-6-21(18)22)15-30-31-26(34)17-10-11-23(32)20(12-17)13-27/h4-12,15-16,24,29,32H,3,14H2,1-2H3,(H2,28,33)(H,31,34). The Morgan fingerprint density at radius 2 is 1.91 bits per heavy atom. The number of amides is 2. The second-order valence-electron chi connectivity index (χ2n) is 8.05. The van der Waals surface area contributed by atoms with Crippen molar-refractivity contribution < 1.29 is 14.7 Å². The average molecular weight is 458 g/mol. The van der Waals surface area contributed by atoms with Crippen LogP contribution in [0.25, 0.3) is 10.8 Å². The number of rotatable bonds is 9. The van der Waals surface area contributed by atoms with E-state index in [9.17, 15) is 14.7 Å². The van der Waals surface area contributed by atoms with E-state index in [1.54, 1.807) is 6.21 Å². The van der Waals surface area contributed by atoms with E-state index in [1.807, 2.05) is 56.3 Å². The molecule has 2 atom stereocenters. The van der Waals surface area contributed by atoms with Crippen LogP contribution in [0.4, 0.5) is 0 Å². The highest BCUT2D eigenvalue weighted by atomic mass is 16.3. The Balaban J connectivity index is 1.78. The molecule has 0 aliphatic heterocycles. The number of benzene rings is 3. The summed E-state index contributed by atoms with van der Waals surface area (Å²) in [4.78, 5) is 24.2. The number of carbonyl (C=O) groups excluding carboxylic acids is 2. The first-order valence-corrected chi connectivity index (χ1v) is 11.0. The minimum absolute atomic E-state index is 0.0127. The minimum atomic E-state index is -0.500. The molecule has 0 radical (unpaired) electrons. The molecular formula is C26H27N5O3. The number of nitrogens with zero attached hydrogens (tertiary/aromatic N) is 2. The molecule has 0 saturated carbocycles. The zero-order valence-corrected chi connectivity index (χ0v) is 19.1. The van der Waals surface area contributed by atoms with Crippen molar-refractivity contribution in [3.8, 4) is 11.8 Å². The lowest BCUT2D eigenvalue weighted by molar-refractivity contribution is -0.121. The molecule has 0 fully saturated rings. The van der Waals surface area contributed by atoms with Crippen molar-refractivity contribution in [1.82, 2.24) is 10.7 Å². The number of hydrogen-bond acceptors (Lipinski definition) is 6. The number of aromatic hydroxyl groups is 1. The summed E-state index contributed by atoms with van der Waals surface area (Å²) in [6.07, 6.45) is 2.39. The predicted octanol–water partition coefficient (Wildman–Crippen LogP) is 3.17. The monoisotopic (exact) mass is 457 g/mol. The summed E-state index contributed by atoms with van der Waals surface area (Å²) < 4.78 is 0. The van der Waals surface area contributed by atoms with Gasteiger partial charge in [-0.1, -0.05) is 56.7 Å². The molecule has 8 heteroatoms. The van der Waals surface area contributed by atoms with Crippen LogP contribution >= 0.6 is 0 Å². The molecule has 0 aliphatic carbocycles. The lowest BCUT2D eigenvalue weighted by Gasteiger charge is -2.21. The average Bonchev–Trinajstić information content (AvgIpc) is 2.84. The van der Waals surface area contributed by atoms with Crippen LogP contribution in [0, 0.1) is 17.2 Å². The van der Waals surface area contributed by atoms with Gasteiger partial charge in [0, 0.05) is 17.7 Å². The van der Waals surface area contributed by atoms with Gasteiger partial charge in [0.05, 0.1) is 17.8 Å². The first-order chi connectivity index (χ1) is 16.3. The third-order valence-electron chi connectivity index (χ3n) is 5.83. The van der Waals surface area contributed by atoms with E-state index in [2.05, 4.69) is 15.8 Å². The summed E-state index contributed by atoms with van der Waals surface area (Å²) >= 11 is 0. The van der Waals surface area contributed by atoms with Crippen molar-refractivity contribution in [2.75, 3.05) is 0 Å². The fraction of sp³-hybridized carbons (Fsp3) is 0.231. The summed E-state index contributed by atoms with van der Waals surface area (Å²) in [5, 5.41) is 27.9. The number of phenols is 1. The first-order valence-electron chi connectivity index (χ1n) is 11.0. The number of hydrogen-bond donors (Lipinski definition) is 4. The number of hydrazone groups is 1. The zero-order valence-electron chi connectivity index (χ0n) is 19.1. The van der Waals surface area contributed by atoms with E-state index in [4.69, 9.17) is 11.0 Å². The predicted molar refractivity (Wildman–Crippen MR) is 131 cm³/mol. The van der Waals surface area contributed by atoms with Gasteiger partial charge in [-0.05, 0) is 40.5 Å². The van der Waals surface area contributed by atoms with Gasteiger partial charge in [-0.25, -0.2) is 5.43 Å². The van der Waals surface area contributed by atoms with Gasteiger partial charge in [0.25, 0.3) is 5.91 Å². The molecule has 3 aromatic carbocycles. The minimum Gasteiger partial charge on any atom is -0.507 e. The zero-order chi connectivity index (χ0) is 24.7. The topological polar surface area (TPSA) is 141 Å². The lowest BCUT2D eigenvalue weighted by atomic mass is 9.97. The number of nitriles is 1. The maximum absolute atomic E-state index is 12.4. The second kappa shape index (κ2) is 11.1. The fourth-order valence-electron chi connectivity index (χ4n) is 3.68. The van der Waals surface area contributed by atoms with Gasteiger partial charge in [-0.15, -0.1) is 0 Å². The molecule has 2 unspecified atom stereocenters. The highest BCUT2D eigenvalue weighted by Gasteiger charge is 2.21. The molecule has 3 aromatic rings. The Kier molecular flexibility index (Phi) is 7.96. The van der Waals surface area contributed by atoms with Crippen LogP contribution in [0.5, 0.6) is 5.75 Å². The molecule has 174 valence electrons. The smallest absolute Gasteiger partial charge is 0.271 e. The molecular weight excluding hydrogens is 430 g/mol. The summed E-state index contributed by atoms with van der Waals surface area (Å²) in [6, 6.07) is 17.1. The Labute approximate surface area is 198 Å². The molecule has 2 amide bonds. The molecule has 0 bridgehead atoms. The normalized spacial score (nSPS) is 12.9. The first kappa shape index (κ1) is 24.4. The molecule has 0 aromatic heterocycles. The van der Waals surface area contributed by atoms with Gasteiger partial charge >= 0.3 is 0 Å². The van der Waals surface area contributed by atoms with Crippen molar-refractivity contribution >= 4 is 28.8 Å². The number of nitrogens with two attached hydrogens (primary N) is 1. The number of phenolic OH excluding ortho intramolecular Hbond substituents is 1. The van der Waals surface area contributed by atoms with E-state index in [-0.39, 0.29) is 28.7 Å². The molecule has 0 spiro atoms. The number of primary amides is 1. The van der Waals surface area contributed by atoms with Crippen molar-refractivity contribution in [2.24, 2.45) is 16.8 Å². The fourth-order valence-corrected chi connectivity index (χ4v) is 3.68. The molecule has 3 rings (SSSR count). The van der Waals surface area contributed by atoms with Crippen LogP contribution in [0.15, 0.2) is 59.7 Å². The number of fused-ring (bicyclic) bond motifs is 1. The Hall–Kier alpha value is -4.22. The van der Waals surface area contributed by atoms with Gasteiger partial charge in [0.1, 0.15) is 11.8 Å². The SMILES string of the molecule is CCC(C)C(NCc1ccc(C=NNC(=O)c2ccc(O)c(C#N)c2)c2ccccc12)C(N)=O. The third-order valence-corrected chi connectivity index (χ3v) is 5.83. The third kappa shape index (κ3) is 5.57. The molecule has 5 N–H and O–H groups in total. The van der Waals surface area contributed by atoms with Crippen molar-refractivity contribution in [3.63, 3.8) is 0 Å². The Bertz CT molecular complexity index is 1280. The summed E-state index contributed by atoms with van der Waals surface area (Å²) in [5.41, 5.74) is 10.1. The molecule has 34 heavy (non-hydrogen) atoms. The van der Waals surface area contributed by atoms with Crippen LogP contribution in [-0.4, -0.2) is 29.2 Å². The van der Waals surface area contributed by atoms with Crippen molar-refractivity contribution in [3.05, 3.63) is 76.9 Å². The second-order valence-corrected chi connectivity index (χ2v) is 8.05. The van der Waals surface area contributed by atoms with Crippen molar-refractivity contribution in [1.29, 1.82) is 5.26 Å². The largest absolute Gasteiger partial charge is 0.507 e. The number of carbonyl (C=O) groups is 2. The highest BCUT2D eigenvalue weighted by Crippen LogP contribution is 2.23. The summed E-state index contributed by atoms with van der Waals surface area (Å²) in [5.74, 6) is -0.930.